The number of hydrogen-bond donors (Lipinski definition) is 3. The number of rotatable bonds is 6. The van der Waals surface area contributed by atoms with Gasteiger partial charge in [0.15, 0.2) is 0 Å². The molecule has 1 aromatic rings. The first-order chi connectivity index (χ1) is 13.6. The maximum absolute atomic E-state index is 12.9. The highest BCUT2D eigenvalue weighted by molar-refractivity contribution is 5.97. The second-order valence-electron chi connectivity index (χ2n) is 7.64. The van der Waals surface area contributed by atoms with Crippen LogP contribution >= 0.6 is 0 Å². The summed E-state index contributed by atoms with van der Waals surface area (Å²) in [5, 5.41) is 9.05. The molecule has 3 N–H and O–H groups in total. The topological polar surface area (TPSA) is 90.5 Å². The summed E-state index contributed by atoms with van der Waals surface area (Å²) in [6.45, 7) is 4.66. The molecule has 0 saturated carbocycles. The Morgan fingerprint density at radius 1 is 1.21 bits per heavy atom. The molecule has 2 aliphatic heterocycles. The van der Waals surface area contributed by atoms with E-state index in [1.807, 2.05) is 4.90 Å². The normalized spacial score (nSPS) is 22.0. The molecule has 1 aromatic carbocycles. The maximum Gasteiger partial charge on any atom is 0.253 e. The third-order valence-corrected chi connectivity index (χ3v) is 5.46. The third kappa shape index (κ3) is 5.32. The average molecular weight is 386 g/mol. The molecule has 0 radical (unpaired) electrons. The number of carbonyl (C=O) groups is 3. The van der Waals surface area contributed by atoms with E-state index in [1.54, 1.807) is 31.2 Å². The van der Waals surface area contributed by atoms with Gasteiger partial charge in [0.25, 0.3) is 5.91 Å². The van der Waals surface area contributed by atoms with E-state index in [-0.39, 0.29) is 29.7 Å². The molecular weight excluding hydrogens is 356 g/mol. The van der Waals surface area contributed by atoms with Crippen molar-refractivity contribution >= 4 is 23.4 Å². The fourth-order valence-corrected chi connectivity index (χ4v) is 3.85. The van der Waals surface area contributed by atoms with Gasteiger partial charge < -0.3 is 20.9 Å². The number of hydrogen-bond acceptors (Lipinski definition) is 4. The van der Waals surface area contributed by atoms with Crippen molar-refractivity contribution in [2.75, 3.05) is 31.5 Å². The summed E-state index contributed by atoms with van der Waals surface area (Å²) < 4.78 is 0. The predicted molar refractivity (Wildman–Crippen MR) is 108 cm³/mol. The van der Waals surface area contributed by atoms with Crippen molar-refractivity contribution < 1.29 is 14.4 Å². The summed E-state index contributed by atoms with van der Waals surface area (Å²) in [4.78, 5) is 38.5. The zero-order chi connectivity index (χ0) is 19.9. The monoisotopic (exact) mass is 386 g/mol. The largest absolute Gasteiger partial charge is 0.354 e. The van der Waals surface area contributed by atoms with E-state index < -0.39 is 0 Å². The van der Waals surface area contributed by atoms with Gasteiger partial charge in [-0.3, -0.25) is 14.4 Å². The second-order valence-corrected chi connectivity index (χ2v) is 7.64. The minimum absolute atomic E-state index is 0.0268. The average Bonchev–Trinajstić information content (AvgIpc) is 3.27. The highest BCUT2D eigenvalue weighted by Crippen LogP contribution is 2.20. The molecule has 2 saturated heterocycles. The van der Waals surface area contributed by atoms with Crippen molar-refractivity contribution in [3.8, 4) is 0 Å². The van der Waals surface area contributed by atoms with Crippen molar-refractivity contribution in [1.29, 1.82) is 0 Å². The lowest BCUT2D eigenvalue weighted by Crippen LogP contribution is -2.46. The van der Waals surface area contributed by atoms with Gasteiger partial charge in [-0.2, -0.15) is 0 Å². The Kier molecular flexibility index (Phi) is 7.03. The van der Waals surface area contributed by atoms with Gasteiger partial charge in [0.1, 0.15) is 0 Å². The van der Waals surface area contributed by atoms with Crippen LogP contribution in [0.1, 0.15) is 49.4 Å². The van der Waals surface area contributed by atoms with Crippen LogP contribution in [0.4, 0.5) is 5.69 Å². The molecule has 0 bridgehead atoms. The first-order valence-corrected chi connectivity index (χ1v) is 10.3. The van der Waals surface area contributed by atoms with Crippen molar-refractivity contribution in [1.82, 2.24) is 15.5 Å². The summed E-state index contributed by atoms with van der Waals surface area (Å²) in [5.74, 6) is 0.238. The molecule has 2 fully saturated rings. The smallest absolute Gasteiger partial charge is 0.253 e. The van der Waals surface area contributed by atoms with Crippen molar-refractivity contribution in [3.63, 3.8) is 0 Å². The summed E-state index contributed by atoms with van der Waals surface area (Å²) >= 11 is 0. The van der Waals surface area contributed by atoms with E-state index in [4.69, 9.17) is 0 Å². The van der Waals surface area contributed by atoms with Crippen LogP contribution in [0, 0.1) is 5.92 Å². The molecule has 3 rings (SSSR count). The standard InChI is InChI=1S/C21H30N4O3/c1-2-19(26)24-17-8-3-7-16(12-17)21(28)25-11-5-6-15(14-25)13-23-20(27)18-9-4-10-22-18/h3,7-8,12,15,18,22H,2,4-6,9-11,13-14H2,1H3,(H,23,27)(H,24,26). The summed E-state index contributed by atoms with van der Waals surface area (Å²) in [7, 11) is 0. The van der Waals surface area contributed by atoms with E-state index in [9.17, 15) is 14.4 Å². The molecule has 28 heavy (non-hydrogen) atoms. The first kappa shape index (κ1) is 20.3. The SMILES string of the molecule is CCC(=O)Nc1cccc(C(=O)N2CCCC(CNC(=O)C3CCCN3)C2)c1. The number of anilines is 1. The van der Waals surface area contributed by atoms with Gasteiger partial charge in [-0.15, -0.1) is 0 Å². The van der Waals surface area contributed by atoms with Gasteiger partial charge in [-0.05, 0) is 56.3 Å². The van der Waals surface area contributed by atoms with Crippen LogP contribution in [-0.2, 0) is 9.59 Å². The summed E-state index contributed by atoms with van der Waals surface area (Å²) in [6.07, 6.45) is 4.27. The van der Waals surface area contributed by atoms with Gasteiger partial charge >= 0.3 is 0 Å². The Balaban J connectivity index is 1.54. The van der Waals surface area contributed by atoms with Crippen molar-refractivity contribution in [2.45, 2.75) is 45.1 Å². The summed E-state index contributed by atoms with van der Waals surface area (Å²) in [6, 6.07) is 7.01. The van der Waals surface area contributed by atoms with Gasteiger partial charge in [0.05, 0.1) is 6.04 Å². The minimum atomic E-state index is -0.0740. The fraction of sp³-hybridized carbons (Fsp3) is 0.571. The highest BCUT2D eigenvalue weighted by atomic mass is 16.2. The Morgan fingerprint density at radius 2 is 2.07 bits per heavy atom. The molecule has 0 spiro atoms. The quantitative estimate of drug-likeness (QED) is 0.695. The van der Waals surface area contributed by atoms with Crippen molar-refractivity contribution in [2.24, 2.45) is 5.92 Å². The number of nitrogens with zero attached hydrogens (tertiary/aromatic N) is 1. The number of piperidine rings is 1. The van der Waals surface area contributed by atoms with Gasteiger partial charge in [-0.1, -0.05) is 13.0 Å². The molecule has 2 aliphatic rings. The lowest BCUT2D eigenvalue weighted by molar-refractivity contribution is -0.123. The number of benzene rings is 1. The molecule has 7 nitrogen and oxygen atoms in total. The Hall–Kier alpha value is -2.41. The number of carbonyl (C=O) groups excluding carboxylic acids is 3. The van der Waals surface area contributed by atoms with E-state index >= 15 is 0 Å². The molecular formula is C21H30N4O3. The van der Waals surface area contributed by atoms with Crippen LogP contribution in [0.5, 0.6) is 0 Å². The van der Waals surface area contributed by atoms with Gasteiger partial charge in [0, 0.05) is 37.3 Å². The Labute approximate surface area is 166 Å². The predicted octanol–water partition coefficient (Wildman–Crippen LogP) is 1.76. The third-order valence-electron chi connectivity index (χ3n) is 5.46. The molecule has 2 atom stereocenters. The van der Waals surface area contributed by atoms with Crippen LogP contribution in [0.3, 0.4) is 0 Å². The number of likely N-dealkylation sites (tertiary alicyclic amines) is 1. The fourth-order valence-electron chi connectivity index (χ4n) is 3.85. The molecule has 3 amide bonds. The van der Waals surface area contributed by atoms with Crippen LogP contribution < -0.4 is 16.0 Å². The lowest BCUT2D eigenvalue weighted by atomic mass is 9.97. The molecule has 0 aromatic heterocycles. The molecule has 0 aliphatic carbocycles. The van der Waals surface area contributed by atoms with Crippen LogP contribution in [0.15, 0.2) is 24.3 Å². The van der Waals surface area contributed by atoms with E-state index in [2.05, 4.69) is 16.0 Å². The molecule has 2 unspecified atom stereocenters. The zero-order valence-electron chi connectivity index (χ0n) is 16.5. The first-order valence-electron chi connectivity index (χ1n) is 10.3. The molecule has 7 heteroatoms. The highest BCUT2D eigenvalue weighted by Gasteiger charge is 2.27. The van der Waals surface area contributed by atoms with E-state index in [1.165, 1.54) is 0 Å². The lowest BCUT2D eigenvalue weighted by Gasteiger charge is -2.33. The molecule has 152 valence electrons. The van der Waals surface area contributed by atoms with Crippen LogP contribution in [0.25, 0.3) is 0 Å². The Bertz CT molecular complexity index is 715. The van der Waals surface area contributed by atoms with E-state index in [0.29, 0.717) is 30.8 Å². The minimum Gasteiger partial charge on any atom is -0.354 e. The number of nitrogens with one attached hydrogen (secondary N) is 3. The maximum atomic E-state index is 12.9. The van der Waals surface area contributed by atoms with Gasteiger partial charge in [-0.25, -0.2) is 0 Å². The van der Waals surface area contributed by atoms with Crippen molar-refractivity contribution in [3.05, 3.63) is 29.8 Å². The molecule has 2 heterocycles. The second kappa shape index (κ2) is 9.68. The number of amides is 3. The zero-order valence-corrected chi connectivity index (χ0v) is 16.5. The van der Waals surface area contributed by atoms with E-state index in [0.717, 1.165) is 38.8 Å². The summed E-state index contributed by atoms with van der Waals surface area (Å²) in [5.41, 5.74) is 1.22. The van der Waals surface area contributed by atoms with Gasteiger partial charge in [0.2, 0.25) is 11.8 Å². The van der Waals surface area contributed by atoms with Crippen LogP contribution in [0.2, 0.25) is 0 Å². The Morgan fingerprint density at radius 3 is 2.82 bits per heavy atom. The van der Waals surface area contributed by atoms with Crippen LogP contribution in [-0.4, -0.2) is 54.8 Å².